The van der Waals surface area contributed by atoms with E-state index >= 15 is 0 Å². The average molecular weight is 395 g/mol. The second-order valence-electron chi connectivity index (χ2n) is 6.65. The Morgan fingerprint density at radius 2 is 1.43 bits per heavy atom. The summed E-state index contributed by atoms with van der Waals surface area (Å²) in [5.74, 6) is -0.135. The molecule has 6 heteroatoms. The van der Waals surface area contributed by atoms with E-state index in [0.29, 0.717) is 22.6 Å². The number of benzene rings is 3. The summed E-state index contributed by atoms with van der Waals surface area (Å²) in [6.45, 7) is 5.53. The molecule has 0 saturated heterocycles. The fourth-order valence-corrected chi connectivity index (χ4v) is 4.04. The van der Waals surface area contributed by atoms with E-state index in [1.807, 2.05) is 32.0 Å². The first-order valence-electron chi connectivity index (χ1n) is 8.73. The number of anilines is 1. The smallest absolute Gasteiger partial charge is 0.343 e. The van der Waals surface area contributed by atoms with Gasteiger partial charge in [0.1, 0.15) is 5.75 Å². The number of hydrogen-bond acceptors (Lipinski definition) is 4. The Labute approximate surface area is 165 Å². The Balaban J connectivity index is 1.73. The highest BCUT2D eigenvalue weighted by Gasteiger charge is 2.17. The van der Waals surface area contributed by atoms with Crippen LogP contribution >= 0.6 is 0 Å². The summed E-state index contributed by atoms with van der Waals surface area (Å²) >= 11 is 0. The van der Waals surface area contributed by atoms with Gasteiger partial charge < -0.3 is 4.74 Å². The maximum atomic E-state index is 12.7. The number of hydrogen-bond donors (Lipinski definition) is 1. The van der Waals surface area contributed by atoms with Gasteiger partial charge in [-0.05, 0) is 74.4 Å². The molecule has 0 unspecified atom stereocenters. The number of carbonyl (C=O) groups is 1. The summed E-state index contributed by atoms with van der Waals surface area (Å²) in [7, 11) is -3.71. The first kappa shape index (κ1) is 19.6. The van der Waals surface area contributed by atoms with Crippen molar-refractivity contribution in [2.75, 3.05) is 4.72 Å². The summed E-state index contributed by atoms with van der Waals surface area (Å²) in [5, 5.41) is 0. The van der Waals surface area contributed by atoms with Gasteiger partial charge in [-0.15, -0.1) is 0 Å². The molecule has 0 radical (unpaired) electrons. The van der Waals surface area contributed by atoms with Crippen LogP contribution in [0.4, 0.5) is 5.69 Å². The number of esters is 1. The van der Waals surface area contributed by atoms with Crippen molar-refractivity contribution in [3.05, 3.63) is 89.0 Å². The second-order valence-corrected chi connectivity index (χ2v) is 8.31. The summed E-state index contributed by atoms with van der Waals surface area (Å²) in [5.41, 5.74) is 3.42. The Bertz CT molecular complexity index is 1100. The number of nitrogens with one attached hydrogen (secondary N) is 1. The van der Waals surface area contributed by atoms with Crippen molar-refractivity contribution in [1.82, 2.24) is 0 Å². The first-order valence-corrected chi connectivity index (χ1v) is 10.2. The fraction of sp³-hybridized carbons (Fsp3) is 0.136. The van der Waals surface area contributed by atoms with E-state index in [9.17, 15) is 13.2 Å². The zero-order valence-electron chi connectivity index (χ0n) is 15.9. The minimum atomic E-state index is -3.71. The lowest BCUT2D eigenvalue weighted by Crippen LogP contribution is -2.14. The van der Waals surface area contributed by atoms with Crippen LogP contribution in [0.3, 0.4) is 0 Å². The molecule has 0 fully saturated rings. The van der Waals surface area contributed by atoms with Gasteiger partial charge in [0.05, 0.1) is 10.5 Å². The van der Waals surface area contributed by atoms with Crippen molar-refractivity contribution in [2.24, 2.45) is 0 Å². The fourth-order valence-electron chi connectivity index (χ4n) is 2.65. The molecule has 144 valence electrons. The predicted molar refractivity (Wildman–Crippen MR) is 109 cm³/mol. The average Bonchev–Trinajstić information content (AvgIpc) is 2.65. The van der Waals surface area contributed by atoms with Gasteiger partial charge in [0, 0.05) is 5.69 Å². The maximum Gasteiger partial charge on any atom is 0.343 e. The normalized spacial score (nSPS) is 11.1. The SMILES string of the molecule is Cc1ccc(C(=O)Oc2ccc(NS(=O)(=O)c3cc(C)ccc3C)cc2)cc1. The number of aryl methyl sites for hydroxylation is 3. The predicted octanol–water partition coefficient (Wildman–Crippen LogP) is 4.63. The molecule has 3 aromatic carbocycles. The molecule has 0 aliphatic rings. The lowest BCUT2D eigenvalue weighted by atomic mass is 10.1. The van der Waals surface area contributed by atoms with Gasteiger partial charge in [-0.25, -0.2) is 13.2 Å². The van der Waals surface area contributed by atoms with Gasteiger partial charge in [0.15, 0.2) is 0 Å². The van der Waals surface area contributed by atoms with E-state index in [2.05, 4.69) is 4.72 Å². The van der Waals surface area contributed by atoms with E-state index in [1.54, 1.807) is 55.5 Å². The van der Waals surface area contributed by atoms with Gasteiger partial charge >= 0.3 is 5.97 Å². The van der Waals surface area contributed by atoms with Crippen LogP contribution in [0, 0.1) is 20.8 Å². The van der Waals surface area contributed by atoms with Crippen LogP contribution in [0.1, 0.15) is 27.0 Å². The van der Waals surface area contributed by atoms with Gasteiger partial charge in [0.2, 0.25) is 0 Å². The molecular weight excluding hydrogens is 374 g/mol. The van der Waals surface area contributed by atoms with E-state index < -0.39 is 16.0 Å². The molecule has 0 aromatic heterocycles. The molecule has 0 aliphatic heterocycles. The largest absolute Gasteiger partial charge is 0.423 e. The zero-order valence-corrected chi connectivity index (χ0v) is 16.7. The third-order valence-electron chi connectivity index (χ3n) is 4.24. The molecule has 5 nitrogen and oxygen atoms in total. The van der Waals surface area contributed by atoms with E-state index in [0.717, 1.165) is 11.1 Å². The quantitative estimate of drug-likeness (QED) is 0.505. The highest BCUT2D eigenvalue weighted by atomic mass is 32.2. The molecular formula is C22H21NO4S. The molecule has 0 bridgehead atoms. The minimum absolute atomic E-state index is 0.238. The van der Waals surface area contributed by atoms with Gasteiger partial charge in [-0.2, -0.15) is 0 Å². The number of sulfonamides is 1. The van der Waals surface area contributed by atoms with Crippen molar-refractivity contribution in [2.45, 2.75) is 25.7 Å². The molecule has 0 amide bonds. The van der Waals surface area contributed by atoms with Gasteiger partial charge in [0.25, 0.3) is 10.0 Å². The molecule has 0 spiro atoms. The van der Waals surface area contributed by atoms with E-state index in [1.165, 1.54) is 0 Å². The molecule has 3 rings (SSSR count). The third-order valence-corrected chi connectivity index (χ3v) is 5.76. The lowest BCUT2D eigenvalue weighted by molar-refractivity contribution is 0.0734. The molecule has 0 atom stereocenters. The molecule has 1 N–H and O–H groups in total. The van der Waals surface area contributed by atoms with E-state index in [-0.39, 0.29) is 4.90 Å². The van der Waals surface area contributed by atoms with Crippen LogP contribution in [-0.4, -0.2) is 14.4 Å². The van der Waals surface area contributed by atoms with Crippen molar-refractivity contribution < 1.29 is 17.9 Å². The molecule has 3 aromatic rings. The van der Waals surface area contributed by atoms with Gasteiger partial charge in [-0.1, -0.05) is 29.8 Å². The third kappa shape index (κ3) is 4.58. The highest BCUT2D eigenvalue weighted by Crippen LogP contribution is 2.23. The highest BCUT2D eigenvalue weighted by molar-refractivity contribution is 7.92. The number of ether oxygens (including phenoxy) is 1. The Kier molecular flexibility index (Phi) is 5.51. The summed E-state index contributed by atoms with van der Waals surface area (Å²) in [4.78, 5) is 12.4. The number of carbonyl (C=O) groups excluding carboxylic acids is 1. The topological polar surface area (TPSA) is 72.5 Å². The van der Waals surface area contributed by atoms with Crippen molar-refractivity contribution in [3.63, 3.8) is 0 Å². The summed E-state index contributed by atoms with van der Waals surface area (Å²) in [6, 6.07) is 18.6. The standard InChI is InChI=1S/C22H21NO4S/c1-15-5-8-18(9-6-15)22(24)27-20-12-10-19(11-13-20)23-28(25,26)21-14-16(2)4-7-17(21)3/h4-14,23H,1-3H3. The monoisotopic (exact) mass is 395 g/mol. The zero-order chi connectivity index (χ0) is 20.3. The van der Waals surface area contributed by atoms with Crippen LogP contribution in [-0.2, 0) is 10.0 Å². The molecule has 0 heterocycles. The van der Waals surface area contributed by atoms with Crippen LogP contribution in [0.2, 0.25) is 0 Å². The lowest BCUT2D eigenvalue weighted by Gasteiger charge is -2.12. The van der Waals surface area contributed by atoms with Crippen molar-refractivity contribution in [3.8, 4) is 5.75 Å². The minimum Gasteiger partial charge on any atom is -0.423 e. The molecule has 0 aliphatic carbocycles. The first-order chi connectivity index (χ1) is 13.2. The summed E-state index contributed by atoms with van der Waals surface area (Å²) in [6.07, 6.45) is 0. The van der Waals surface area contributed by atoms with Crippen molar-refractivity contribution in [1.29, 1.82) is 0 Å². The Morgan fingerprint density at radius 1 is 0.821 bits per heavy atom. The van der Waals surface area contributed by atoms with Crippen LogP contribution in [0.15, 0.2) is 71.6 Å². The number of rotatable bonds is 5. The Hall–Kier alpha value is -3.12. The molecule has 0 saturated carbocycles. The van der Waals surface area contributed by atoms with Crippen molar-refractivity contribution >= 4 is 21.7 Å². The second kappa shape index (κ2) is 7.86. The van der Waals surface area contributed by atoms with Crippen LogP contribution < -0.4 is 9.46 Å². The van der Waals surface area contributed by atoms with Crippen LogP contribution in [0.25, 0.3) is 0 Å². The maximum absolute atomic E-state index is 12.7. The Morgan fingerprint density at radius 3 is 2.07 bits per heavy atom. The van der Waals surface area contributed by atoms with Gasteiger partial charge in [-0.3, -0.25) is 4.72 Å². The molecule has 28 heavy (non-hydrogen) atoms. The summed E-state index contributed by atoms with van der Waals surface area (Å²) < 4.78 is 33.2. The van der Waals surface area contributed by atoms with Crippen LogP contribution in [0.5, 0.6) is 5.75 Å². The van der Waals surface area contributed by atoms with E-state index in [4.69, 9.17) is 4.74 Å².